The fourth-order valence-corrected chi connectivity index (χ4v) is 1.41. The Hall–Kier alpha value is -1.14. The molecular weight excluding hydrogens is 250 g/mol. The van der Waals surface area contributed by atoms with Crippen LogP contribution in [0.5, 0.6) is 0 Å². The van der Waals surface area contributed by atoms with E-state index in [-0.39, 0.29) is 12.2 Å². The zero-order chi connectivity index (χ0) is 10.7. The molecule has 6 heteroatoms. The average Bonchev–Trinajstić information content (AvgIpc) is 2.08. The van der Waals surface area contributed by atoms with Crippen molar-refractivity contribution in [3.63, 3.8) is 0 Å². The second-order valence-corrected chi connectivity index (χ2v) is 3.75. The molecule has 5 nitrogen and oxygen atoms in total. The SMILES string of the molecule is Nc1ncc(Br)cc1C(N)CC(=O)O. The van der Waals surface area contributed by atoms with Gasteiger partial charge < -0.3 is 16.6 Å². The quantitative estimate of drug-likeness (QED) is 0.749. The molecular formula is C8H10BrN3O2. The van der Waals surface area contributed by atoms with E-state index in [4.69, 9.17) is 16.6 Å². The fraction of sp³-hybridized carbons (Fsp3) is 0.250. The van der Waals surface area contributed by atoms with Crippen molar-refractivity contribution in [2.24, 2.45) is 5.73 Å². The largest absolute Gasteiger partial charge is 0.481 e. The molecule has 5 N–H and O–H groups in total. The molecule has 14 heavy (non-hydrogen) atoms. The molecule has 0 fully saturated rings. The van der Waals surface area contributed by atoms with Gasteiger partial charge in [-0.2, -0.15) is 0 Å². The Morgan fingerprint density at radius 3 is 2.93 bits per heavy atom. The summed E-state index contributed by atoms with van der Waals surface area (Å²) in [4.78, 5) is 14.3. The van der Waals surface area contributed by atoms with Crippen molar-refractivity contribution in [3.8, 4) is 0 Å². The van der Waals surface area contributed by atoms with E-state index in [0.717, 1.165) is 4.47 Å². The van der Waals surface area contributed by atoms with Crippen LogP contribution in [0.1, 0.15) is 18.0 Å². The normalized spacial score (nSPS) is 12.4. The highest BCUT2D eigenvalue weighted by atomic mass is 79.9. The molecule has 0 amide bonds. The molecule has 0 aliphatic heterocycles. The third-order valence-electron chi connectivity index (χ3n) is 1.71. The second kappa shape index (κ2) is 4.39. The maximum Gasteiger partial charge on any atom is 0.305 e. The number of nitrogens with zero attached hydrogens (tertiary/aromatic N) is 1. The number of nitrogens with two attached hydrogens (primary N) is 2. The summed E-state index contributed by atoms with van der Waals surface area (Å²) >= 11 is 3.21. The number of aliphatic carboxylic acids is 1. The van der Waals surface area contributed by atoms with E-state index in [9.17, 15) is 4.79 Å². The van der Waals surface area contributed by atoms with Crippen molar-refractivity contribution in [3.05, 3.63) is 22.3 Å². The predicted octanol–water partition coefficient (Wildman–Crippen LogP) is 0.901. The summed E-state index contributed by atoms with van der Waals surface area (Å²) < 4.78 is 0.725. The Balaban J connectivity index is 2.93. The number of carboxylic acid groups (broad SMARTS) is 1. The van der Waals surface area contributed by atoms with E-state index in [1.54, 1.807) is 6.07 Å². The molecule has 1 heterocycles. The summed E-state index contributed by atoms with van der Waals surface area (Å²) in [7, 11) is 0. The fourth-order valence-electron chi connectivity index (χ4n) is 1.06. The zero-order valence-electron chi connectivity index (χ0n) is 7.27. The van der Waals surface area contributed by atoms with E-state index < -0.39 is 12.0 Å². The molecule has 76 valence electrons. The van der Waals surface area contributed by atoms with Crippen LogP contribution in [0, 0.1) is 0 Å². The van der Waals surface area contributed by atoms with E-state index in [1.165, 1.54) is 6.20 Å². The summed E-state index contributed by atoms with van der Waals surface area (Å²) in [5.41, 5.74) is 11.7. The average molecular weight is 260 g/mol. The van der Waals surface area contributed by atoms with E-state index in [2.05, 4.69) is 20.9 Å². The molecule has 0 spiro atoms. The molecule has 1 rings (SSSR count). The molecule has 0 saturated carbocycles. The highest BCUT2D eigenvalue weighted by Gasteiger charge is 2.14. The van der Waals surface area contributed by atoms with Gasteiger partial charge in [0, 0.05) is 22.3 Å². The van der Waals surface area contributed by atoms with Gasteiger partial charge in [-0.05, 0) is 22.0 Å². The van der Waals surface area contributed by atoms with Crippen molar-refractivity contribution in [1.29, 1.82) is 0 Å². The Kier molecular flexibility index (Phi) is 3.43. The number of pyridine rings is 1. The third kappa shape index (κ3) is 2.68. The second-order valence-electron chi connectivity index (χ2n) is 2.83. The maximum atomic E-state index is 10.4. The van der Waals surface area contributed by atoms with Crippen LogP contribution in [-0.4, -0.2) is 16.1 Å². The molecule has 0 bridgehead atoms. The summed E-state index contributed by atoms with van der Waals surface area (Å²) in [6, 6.07) is 1.05. The summed E-state index contributed by atoms with van der Waals surface area (Å²) in [6.45, 7) is 0. The Labute approximate surface area is 89.2 Å². The van der Waals surface area contributed by atoms with Gasteiger partial charge in [0.05, 0.1) is 6.42 Å². The van der Waals surface area contributed by atoms with E-state index in [1.807, 2.05) is 0 Å². The Bertz CT molecular complexity index is 356. The molecule has 1 unspecified atom stereocenters. The number of anilines is 1. The van der Waals surface area contributed by atoms with Gasteiger partial charge in [0.1, 0.15) is 5.82 Å². The van der Waals surface area contributed by atoms with Gasteiger partial charge in [-0.25, -0.2) is 4.98 Å². The molecule has 0 aliphatic rings. The minimum atomic E-state index is -0.961. The van der Waals surface area contributed by atoms with Crippen LogP contribution < -0.4 is 11.5 Å². The van der Waals surface area contributed by atoms with Crippen LogP contribution in [-0.2, 0) is 4.79 Å². The van der Waals surface area contributed by atoms with Crippen molar-refractivity contribution in [1.82, 2.24) is 4.98 Å². The number of nitrogen functional groups attached to an aromatic ring is 1. The van der Waals surface area contributed by atoms with Gasteiger partial charge in [-0.15, -0.1) is 0 Å². The minimum Gasteiger partial charge on any atom is -0.481 e. The zero-order valence-corrected chi connectivity index (χ0v) is 8.86. The number of hydrogen-bond donors (Lipinski definition) is 3. The van der Waals surface area contributed by atoms with Gasteiger partial charge in [-0.3, -0.25) is 4.79 Å². The van der Waals surface area contributed by atoms with Crippen LogP contribution in [0.25, 0.3) is 0 Å². The van der Waals surface area contributed by atoms with Crippen molar-refractivity contribution < 1.29 is 9.90 Å². The molecule has 0 saturated heterocycles. The number of carboxylic acids is 1. The van der Waals surface area contributed by atoms with Crippen molar-refractivity contribution >= 4 is 27.7 Å². The van der Waals surface area contributed by atoms with Crippen molar-refractivity contribution in [2.75, 3.05) is 5.73 Å². The minimum absolute atomic E-state index is 0.164. The lowest BCUT2D eigenvalue weighted by molar-refractivity contribution is -0.137. The molecule has 1 aromatic rings. The monoisotopic (exact) mass is 259 g/mol. The summed E-state index contributed by atoms with van der Waals surface area (Å²) in [5, 5.41) is 8.55. The predicted molar refractivity (Wildman–Crippen MR) is 55.5 cm³/mol. The van der Waals surface area contributed by atoms with Crippen LogP contribution in [0.15, 0.2) is 16.7 Å². The first-order valence-corrected chi connectivity index (χ1v) is 4.68. The highest BCUT2D eigenvalue weighted by molar-refractivity contribution is 9.10. The van der Waals surface area contributed by atoms with Crippen molar-refractivity contribution in [2.45, 2.75) is 12.5 Å². The first-order chi connectivity index (χ1) is 6.50. The number of aromatic nitrogens is 1. The molecule has 0 aliphatic carbocycles. The van der Waals surface area contributed by atoms with Gasteiger partial charge in [0.15, 0.2) is 0 Å². The van der Waals surface area contributed by atoms with Crippen LogP contribution in [0.3, 0.4) is 0 Å². The summed E-state index contributed by atoms with van der Waals surface area (Å²) in [5.74, 6) is -0.696. The van der Waals surface area contributed by atoms with Gasteiger partial charge >= 0.3 is 5.97 Å². The molecule has 1 atom stereocenters. The third-order valence-corrected chi connectivity index (χ3v) is 2.14. The number of rotatable bonds is 3. The number of hydrogen-bond acceptors (Lipinski definition) is 4. The van der Waals surface area contributed by atoms with Crippen LogP contribution in [0.2, 0.25) is 0 Å². The Morgan fingerprint density at radius 2 is 2.36 bits per heavy atom. The van der Waals surface area contributed by atoms with Gasteiger partial charge in [0.25, 0.3) is 0 Å². The summed E-state index contributed by atoms with van der Waals surface area (Å²) in [6.07, 6.45) is 1.37. The first kappa shape index (κ1) is 10.9. The topological polar surface area (TPSA) is 102 Å². The Morgan fingerprint density at radius 1 is 1.71 bits per heavy atom. The molecule has 1 aromatic heterocycles. The van der Waals surface area contributed by atoms with E-state index >= 15 is 0 Å². The molecule has 0 aromatic carbocycles. The highest BCUT2D eigenvalue weighted by Crippen LogP contribution is 2.22. The van der Waals surface area contributed by atoms with Crippen LogP contribution >= 0.6 is 15.9 Å². The van der Waals surface area contributed by atoms with Gasteiger partial charge in [-0.1, -0.05) is 0 Å². The molecule has 0 radical (unpaired) electrons. The van der Waals surface area contributed by atoms with Gasteiger partial charge in [0.2, 0.25) is 0 Å². The smallest absolute Gasteiger partial charge is 0.305 e. The number of carbonyl (C=O) groups is 1. The maximum absolute atomic E-state index is 10.4. The first-order valence-electron chi connectivity index (χ1n) is 3.89. The van der Waals surface area contributed by atoms with E-state index in [0.29, 0.717) is 5.56 Å². The lowest BCUT2D eigenvalue weighted by atomic mass is 10.1. The standard InChI is InChI=1S/C8H10BrN3O2/c9-4-1-5(8(11)12-3-4)6(10)2-7(13)14/h1,3,6H,2,10H2,(H2,11,12)(H,13,14). The number of halogens is 1. The lowest BCUT2D eigenvalue weighted by Gasteiger charge is -2.11. The lowest BCUT2D eigenvalue weighted by Crippen LogP contribution is -2.17. The van der Waals surface area contributed by atoms with Crippen LogP contribution in [0.4, 0.5) is 5.82 Å².